The highest BCUT2D eigenvalue weighted by Gasteiger charge is 2.23. The summed E-state index contributed by atoms with van der Waals surface area (Å²) >= 11 is 5.86. The highest BCUT2D eigenvalue weighted by Crippen LogP contribution is 2.27. The molecule has 0 radical (unpaired) electrons. The summed E-state index contributed by atoms with van der Waals surface area (Å²) in [5.74, 6) is -0.576. The van der Waals surface area contributed by atoms with Gasteiger partial charge in [0.25, 0.3) is 10.0 Å². The van der Waals surface area contributed by atoms with Crippen LogP contribution in [0.1, 0.15) is 44.5 Å². The zero-order chi connectivity index (χ0) is 20.9. The van der Waals surface area contributed by atoms with Gasteiger partial charge in [-0.15, -0.1) is 0 Å². The molecule has 2 rings (SSSR count). The third kappa shape index (κ3) is 5.87. The molecule has 0 aliphatic rings. The van der Waals surface area contributed by atoms with Crippen molar-refractivity contribution in [3.8, 4) is 0 Å². The van der Waals surface area contributed by atoms with E-state index in [0.717, 1.165) is 6.42 Å². The van der Waals surface area contributed by atoms with E-state index < -0.39 is 16.0 Å². The average Bonchev–Trinajstić information content (AvgIpc) is 2.63. The van der Waals surface area contributed by atoms with E-state index in [1.165, 1.54) is 6.07 Å². The lowest BCUT2D eigenvalue weighted by Crippen LogP contribution is -2.20. The van der Waals surface area contributed by atoms with Gasteiger partial charge in [-0.05, 0) is 69.7 Å². The van der Waals surface area contributed by atoms with E-state index in [0.29, 0.717) is 16.4 Å². The molecular weight excluding hydrogens is 400 g/mol. The summed E-state index contributed by atoms with van der Waals surface area (Å²) in [6, 6.07) is 10.8. The zero-order valence-corrected chi connectivity index (χ0v) is 17.9. The molecule has 0 spiro atoms. The summed E-state index contributed by atoms with van der Waals surface area (Å²) in [5.41, 5.74) is 0.950. The maximum Gasteiger partial charge on any atom is 0.338 e. The standard InChI is InChI=1S/C20H25ClN2O4S/c1-5-14(4)22-18-11-6-15(20(24)27-13(2)3)12-19(18)28(25,26)23-17-9-7-16(21)8-10-17/h6-14,22-23H,5H2,1-4H3/t14-/m0/s1. The monoisotopic (exact) mass is 424 g/mol. The fourth-order valence-electron chi connectivity index (χ4n) is 2.37. The van der Waals surface area contributed by atoms with Crippen LogP contribution in [0.2, 0.25) is 5.02 Å². The Balaban J connectivity index is 2.46. The number of benzene rings is 2. The van der Waals surface area contributed by atoms with Gasteiger partial charge in [-0.25, -0.2) is 13.2 Å². The first-order valence-corrected chi connectivity index (χ1v) is 10.9. The normalized spacial score (nSPS) is 12.5. The van der Waals surface area contributed by atoms with Crippen LogP contribution in [-0.2, 0) is 14.8 Å². The second kappa shape index (κ2) is 9.30. The van der Waals surface area contributed by atoms with E-state index >= 15 is 0 Å². The Morgan fingerprint density at radius 1 is 1.11 bits per heavy atom. The van der Waals surface area contributed by atoms with Crippen LogP contribution < -0.4 is 10.0 Å². The Bertz CT molecular complexity index is 928. The van der Waals surface area contributed by atoms with Crippen molar-refractivity contribution in [2.24, 2.45) is 0 Å². The number of sulfonamides is 1. The van der Waals surface area contributed by atoms with Crippen LogP contribution in [0.5, 0.6) is 0 Å². The number of anilines is 2. The molecule has 6 nitrogen and oxygen atoms in total. The SMILES string of the molecule is CC[C@H](C)Nc1ccc(C(=O)OC(C)C)cc1S(=O)(=O)Nc1ccc(Cl)cc1. The molecule has 0 fully saturated rings. The molecule has 0 aliphatic carbocycles. The average molecular weight is 425 g/mol. The number of carbonyl (C=O) groups is 1. The first-order chi connectivity index (χ1) is 13.1. The number of hydrogen-bond acceptors (Lipinski definition) is 5. The summed E-state index contributed by atoms with van der Waals surface area (Å²) in [4.78, 5) is 12.2. The molecule has 0 aliphatic heterocycles. The van der Waals surface area contributed by atoms with Gasteiger partial charge < -0.3 is 10.1 Å². The molecule has 0 bridgehead atoms. The lowest BCUT2D eigenvalue weighted by molar-refractivity contribution is 0.0377. The maximum absolute atomic E-state index is 13.0. The van der Waals surface area contributed by atoms with Crippen LogP contribution >= 0.6 is 11.6 Å². The highest BCUT2D eigenvalue weighted by atomic mass is 35.5. The first kappa shape index (κ1) is 22.0. The summed E-state index contributed by atoms with van der Waals surface area (Å²) in [5, 5.41) is 3.68. The van der Waals surface area contributed by atoms with Crippen molar-refractivity contribution < 1.29 is 17.9 Å². The Labute approximate surface area is 171 Å². The van der Waals surface area contributed by atoms with Gasteiger partial charge in [0.15, 0.2) is 0 Å². The number of ether oxygens (including phenoxy) is 1. The van der Waals surface area contributed by atoms with Crippen molar-refractivity contribution in [1.82, 2.24) is 0 Å². The van der Waals surface area contributed by atoms with E-state index in [9.17, 15) is 13.2 Å². The molecule has 0 amide bonds. The van der Waals surface area contributed by atoms with Gasteiger partial charge in [-0.1, -0.05) is 18.5 Å². The maximum atomic E-state index is 13.0. The van der Waals surface area contributed by atoms with Crippen molar-refractivity contribution in [3.05, 3.63) is 53.1 Å². The minimum atomic E-state index is -3.96. The van der Waals surface area contributed by atoms with Crippen molar-refractivity contribution >= 4 is 39.0 Å². The number of rotatable bonds is 8. The largest absolute Gasteiger partial charge is 0.459 e. The number of nitrogens with one attached hydrogen (secondary N) is 2. The van der Waals surface area contributed by atoms with Crippen LogP contribution in [0.15, 0.2) is 47.4 Å². The minimum absolute atomic E-state index is 0.0269. The molecule has 28 heavy (non-hydrogen) atoms. The molecule has 0 saturated carbocycles. The quantitative estimate of drug-likeness (QED) is 0.587. The van der Waals surface area contributed by atoms with Gasteiger partial charge in [0, 0.05) is 16.8 Å². The number of carbonyl (C=O) groups excluding carboxylic acids is 1. The molecule has 0 aromatic heterocycles. The van der Waals surface area contributed by atoms with Crippen molar-refractivity contribution in [1.29, 1.82) is 0 Å². The van der Waals surface area contributed by atoms with E-state index in [2.05, 4.69) is 10.0 Å². The van der Waals surface area contributed by atoms with Crippen LogP contribution in [0.25, 0.3) is 0 Å². The molecule has 2 aromatic carbocycles. The van der Waals surface area contributed by atoms with Gasteiger partial charge in [-0.3, -0.25) is 4.72 Å². The van der Waals surface area contributed by atoms with Gasteiger partial charge in [-0.2, -0.15) is 0 Å². The predicted octanol–water partition coefficient (Wildman–Crippen LogP) is 4.92. The second-order valence-corrected chi connectivity index (χ2v) is 8.82. The molecule has 2 N–H and O–H groups in total. The predicted molar refractivity (Wildman–Crippen MR) is 113 cm³/mol. The molecule has 8 heteroatoms. The van der Waals surface area contributed by atoms with Gasteiger partial charge in [0.2, 0.25) is 0 Å². The third-order valence-corrected chi connectivity index (χ3v) is 5.63. The number of hydrogen-bond donors (Lipinski definition) is 2. The molecule has 0 heterocycles. The first-order valence-electron chi connectivity index (χ1n) is 9.02. The Morgan fingerprint density at radius 3 is 2.32 bits per heavy atom. The van der Waals surface area contributed by atoms with Crippen LogP contribution in [-0.4, -0.2) is 26.5 Å². The van der Waals surface area contributed by atoms with Crippen molar-refractivity contribution in [2.75, 3.05) is 10.0 Å². The van der Waals surface area contributed by atoms with Crippen molar-refractivity contribution in [3.63, 3.8) is 0 Å². The summed E-state index contributed by atoms with van der Waals surface area (Å²) in [7, 11) is -3.96. The van der Waals surface area contributed by atoms with Crippen LogP contribution in [0.4, 0.5) is 11.4 Å². The van der Waals surface area contributed by atoms with E-state index in [1.807, 2.05) is 13.8 Å². The van der Waals surface area contributed by atoms with Crippen LogP contribution in [0, 0.1) is 0 Å². The van der Waals surface area contributed by atoms with E-state index in [-0.39, 0.29) is 22.6 Å². The Morgan fingerprint density at radius 2 is 1.75 bits per heavy atom. The highest BCUT2D eigenvalue weighted by molar-refractivity contribution is 7.92. The van der Waals surface area contributed by atoms with Gasteiger partial charge >= 0.3 is 5.97 Å². The lowest BCUT2D eigenvalue weighted by Gasteiger charge is -2.18. The van der Waals surface area contributed by atoms with E-state index in [4.69, 9.17) is 16.3 Å². The fourth-order valence-corrected chi connectivity index (χ4v) is 3.75. The fraction of sp³-hybridized carbons (Fsp3) is 0.350. The summed E-state index contributed by atoms with van der Waals surface area (Å²) in [6.45, 7) is 7.41. The Hall–Kier alpha value is -2.25. The molecule has 2 aromatic rings. The summed E-state index contributed by atoms with van der Waals surface area (Å²) in [6.07, 6.45) is 0.499. The zero-order valence-electron chi connectivity index (χ0n) is 16.3. The van der Waals surface area contributed by atoms with Crippen molar-refractivity contribution in [2.45, 2.75) is 51.2 Å². The molecule has 1 atom stereocenters. The number of halogens is 1. The molecule has 152 valence electrons. The summed E-state index contributed by atoms with van der Waals surface area (Å²) < 4.78 is 33.8. The van der Waals surface area contributed by atoms with E-state index in [1.54, 1.807) is 50.2 Å². The molecule has 0 unspecified atom stereocenters. The molecular formula is C20H25ClN2O4S. The lowest BCUT2D eigenvalue weighted by atomic mass is 10.2. The second-order valence-electron chi connectivity index (χ2n) is 6.73. The smallest absolute Gasteiger partial charge is 0.338 e. The molecule has 0 saturated heterocycles. The third-order valence-electron chi connectivity index (χ3n) is 3.96. The minimum Gasteiger partial charge on any atom is -0.459 e. The van der Waals surface area contributed by atoms with Gasteiger partial charge in [0.05, 0.1) is 17.4 Å². The van der Waals surface area contributed by atoms with Gasteiger partial charge in [0.1, 0.15) is 4.90 Å². The number of esters is 1. The topological polar surface area (TPSA) is 84.5 Å². The van der Waals surface area contributed by atoms with Crippen LogP contribution in [0.3, 0.4) is 0 Å². The Kier molecular flexibility index (Phi) is 7.32.